The molecule has 0 aliphatic rings. The maximum atomic E-state index is 3.61. The molecule has 0 heterocycles. The van der Waals surface area contributed by atoms with E-state index in [1.165, 1.54) is 0 Å². The number of rotatable bonds is 0. The second kappa shape index (κ2) is 17.0. The Balaban J connectivity index is -0.0000000150. The van der Waals surface area contributed by atoms with Crippen molar-refractivity contribution in [1.82, 2.24) is 0 Å². The molecule has 0 rings (SSSR count). The van der Waals surface area contributed by atoms with E-state index >= 15 is 0 Å². The van der Waals surface area contributed by atoms with Crippen molar-refractivity contribution in [2.45, 2.75) is 6.92 Å². The first-order chi connectivity index (χ1) is 1.91. The van der Waals surface area contributed by atoms with Crippen LogP contribution in [0.1, 0.15) is 8.35 Å². The molecule has 0 aliphatic carbocycles. The molecule has 6 heavy (non-hydrogen) atoms. The van der Waals surface area contributed by atoms with E-state index in [1.54, 1.807) is 13.3 Å². The standard InChI is InChI=1S/C3H7N.Al.Li.4H/c1-3-4-2;;;;;;/h3H,1-2H3;;;;;;/q;;+1;;;;-1. The molecule has 0 radical (unpaired) electrons. The summed E-state index contributed by atoms with van der Waals surface area (Å²) < 4.78 is 0. The molecule has 0 amide bonds. The Kier molecular flexibility index (Phi) is 45.0. The van der Waals surface area contributed by atoms with Gasteiger partial charge < -0.3 is 6.42 Å². The van der Waals surface area contributed by atoms with Crippen LogP contribution in [0.4, 0.5) is 0 Å². The van der Waals surface area contributed by atoms with Gasteiger partial charge in [-0.15, -0.1) is 0 Å². The largest absolute Gasteiger partial charge is 1.00 e. The average Bonchev–Trinajstić information content (AvgIpc) is 1.37. The summed E-state index contributed by atoms with van der Waals surface area (Å²) in [7, 11) is 1.75. The molecular formula is C3H11AlLiN. The van der Waals surface area contributed by atoms with Crippen molar-refractivity contribution >= 4 is 23.6 Å². The maximum Gasteiger partial charge on any atom is 1.00 e. The maximum absolute atomic E-state index is 3.61. The third kappa shape index (κ3) is 21.4. The van der Waals surface area contributed by atoms with Crippen molar-refractivity contribution in [3.8, 4) is 0 Å². The van der Waals surface area contributed by atoms with Crippen LogP contribution in [-0.4, -0.2) is 30.6 Å². The van der Waals surface area contributed by atoms with Crippen LogP contribution < -0.4 is 18.9 Å². The van der Waals surface area contributed by atoms with Gasteiger partial charge in [0, 0.05) is 7.05 Å². The molecular weight excluding hydrogens is 84.0 g/mol. The molecule has 0 N–H and O–H groups in total. The SMILES string of the molecule is CC=NC.[AlH3].[H-].[Li+]. The fraction of sp³-hybridized carbons (Fsp3) is 0.667. The van der Waals surface area contributed by atoms with Crippen molar-refractivity contribution in [3.05, 3.63) is 0 Å². The van der Waals surface area contributed by atoms with Crippen LogP contribution >= 0.6 is 0 Å². The normalized spacial score (nSPS) is 6.33. The van der Waals surface area contributed by atoms with Gasteiger partial charge in [-0.25, -0.2) is 0 Å². The number of aliphatic imine (C=N–C) groups is 1. The van der Waals surface area contributed by atoms with Gasteiger partial charge in [-0.2, -0.15) is 0 Å². The summed E-state index contributed by atoms with van der Waals surface area (Å²) in [6.45, 7) is 1.89. The fourth-order valence-corrected chi connectivity index (χ4v) is 0. The van der Waals surface area contributed by atoms with E-state index < -0.39 is 0 Å². The quantitative estimate of drug-likeness (QED) is 0.220. The van der Waals surface area contributed by atoms with Gasteiger partial charge in [0.15, 0.2) is 17.4 Å². The van der Waals surface area contributed by atoms with Crippen molar-refractivity contribution in [1.29, 1.82) is 0 Å². The van der Waals surface area contributed by atoms with Gasteiger partial charge >= 0.3 is 18.9 Å². The average molecular weight is 95.1 g/mol. The number of hydrogen-bond acceptors (Lipinski definition) is 1. The molecule has 0 saturated carbocycles. The van der Waals surface area contributed by atoms with E-state index in [0.717, 1.165) is 0 Å². The van der Waals surface area contributed by atoms with Crippen molar-refractivity contribution < 1.29 is 20.3 Å². The summed E-state index contributed by atoms with van der Waals surface area (Å²) in [5, 5.41) is 0. The van der Waals surface area contributed by atoms with Crippen molar-refractivity contribution in [2.75, 3.05) is 7.05 Å². The minimum Gasteiger partial charge on any atom is -1.00 e. The molecule has 0 atom stereocenters. The molecule has 0 spiro atoms. The first-order valence-corrected chi connectivity index (χ1v) is 1.28. The molecule has 0 bridgehead atoms. The minimum absolute atomic E-state index is 0. The Morgan fingerprint density at radius 1 is 1.67 bits per heavy atom. The van der Waals surface area contributed by atoms with Gasteiger partial charge in [-0.1, -0.05) is 0 Å². The van der Waals surface area contributed by atoms with Gasteiger partial charge in [0.1, 0.15) is 0 Å². The summed E-state index contributed by atoms with van der Waals surface area (Å²) >= 11 is 0. The third-order valence-corrected chi connectivity index (χ3v) is 0.258. The third-order valence-electron chi connectivity index (χ3n) is 0.258. The molecule has 32 valence electrons. The predicted molar refractivity (Wildman–Crippen MR) is 31.1 cm³/mol. The number of nitrogens with zero attached hydrogens (tertiary/aromatic N) is 1. The molecule has 1 nitrogen and oxygen atoms in total. The van der Waals surface area contributed by atoms with Gasteiger partial charge in [-0.3, -0.25) is 0 Å². The van der Waals surface area contributed by atoms with Crippen LogP contribution in [0.5, 0.6) is 0 Å². The smallest absolute Gasteiger partial charge is 1.00 e. The molecule has 0 aromatic rings. The second-order valence-corrected chi connectivity index (χ2v) is 0.516. The minimum atomic E-state index is 0. The molecule has 0 fully saturated rings. The molecule has 0 aliphatic heterocycles. The van der Waals surface area contributed by atoms with Gasteiger partial charge in [0.05, 0.1) is 0 Å². The Bertz CT molecular complexity index is 30.1. The van der Waals surface area contributed by atoms with Crippen molar-refractivity contribution in [2.24, 2.45) is 4.99 Å². The first-order valence-electron chi connectivity index (χ1n) is 1.28. The van der Waals surface area contributed by atoms with Crippen LogP contribution in [0.15, 0.2) is 4.99 Å². The molecule has 0 saturated heterocycles. The van der Waals surface area contributed by atoms with Crippen LogP contribution in [0.3, 0.4) is 0 Å². The Labute approximate surface area is 63.0 Å². The van der Waals surface area contributed by atoms with E-state index in [0.29, 0.717) is 0 Å². The zero-order valence-corrected chi connectivity index (χ0v) is 4.02. The van der Waals surface area contributed by atoms with E-state index in [-0.39, 0.29) is 37.6 Å². The van der Waals surface area contributed by atoms with E-state index in [9.17, 15) is 0 Å². The summed E-state index contributed by atoms with van der Waals surface area (Å²) in [6, 6.07) is 0. The Morgan fingerprint density at radius 2 is 1.83 bits per heavy atom. The summed E-state index contributed by atoms with van der Waals surface area (Å²) in [4.78, 5) is 3.61. The Morgan fingerprint density at radius 3 is 1.83 bits per heavy atom. The number of hydrogen-bond donors (Lipinski definition) is 0. The molecule has 3 heteroatoms. The Hall–Kier alpha value is 0.800. The van der Waals surface area contributed by atoms with Gasteiger partial charge in [0.2, 0.25) is 0 Å². The van der Waals surface area contributed by atoms with Crippen molar-refractivity contribution in [3.63, 3.8) is 0 Å². The fourth-order valence-electron chi connectivity index (χ4n) is 0. The van der Waals surface area contributed by atoms with E-state index in [2.05, 4.69) is 4.99 Å². The predicted octanol–water partition coefficient (Wildman–Crippen LogP) is -3.36. The second-order valence-electron chi connectivity index (χ2n) is 0.516. The van der Waals surface area contributed by atoms with Crippen LogP contribution in [-0.2, 0) is 0 Å². The van der Waals surface area contributed by atoms with Gasteiger partial charge in [-0.05, 0) is 13.1 Å². The zero-order valence-electron chi connectivity index (χ0n) is 5.02. The molecule has 0 unspecified atom stereocenters. The summed E-state index contributed by atoms with van der Waals surface area (Å²) in [5.74, 6) is 0. The molecule has 0 aromatic carbocycles. The van der Waals surface area contributed by atoms with Crippen LogP contribution in [0.25, 0.3) is 0 Å². The van der Waals surface area contributed by atoms with E-state index in [4.69, 9.17) is 0 Å². The monoisotopic (exact) mass is 95.1 g/mol. The summed E-state index contributed by atoms with van der Waals surface area (Å²) in [6.07, 6.45) is 1.75. The molecule has 0 aromatic heterocycles. The van der Waals surface area contributed by atoms with Gasteiger partial charge in [0.25, 0.3) is 0 Å². The van der Waals surface area contributed by atoms with Crippen LogP contribution in [0, 0.1) is 0 Å². The topological polar surface area (TPSA) is 12.4 Å². The zero-order chi connectivity index (χ0) is 3.41. The first kappa shape index (κ1) is 15.8. The summed E-state index contributed by atoms with van der Waals surface area (Å²) in [5.41, 5.74) is 0. The van der Waals surface area contributed by atoms with Crippen LogP contribution in [0.2, 0.25) is 0 Å². The van der Waals surface area contributed by atoms with E-state index in [1.807, 2.05) is 6.92 Å².